The lowest BCUT2D eigenvalue weighted by atomic mass is 9.44. The first kappa shape index (κ1) is 41.3. The number of phenolic OH excluding ortho intramolecular Hbond substituents is 1. The molecule has 2 saturated heterocycles. The lowest BCUT2D eigenvalue weighted by molar-refractivity contribution is -0.195. The van der Waals surface area contributed by atoms with Crippen molar-refractivity contribution in [2.45, 2.75) is 175 Å². The number of hydrogen-bond acceptors (Lipinski definition) is 5. The van der Waals surface area contributed by atoms with Gasteiger partial charge < -0.3 is 15.3 Å². The standard InChI is InChI=1S/C42H72N2O5/c1-18-27(19-26-20-30(36(2,3)4)33(45)31(21-26)37(5,6)7)42(32(34(46)47)35(48)49,28-22-38(8,9)43(16)39(10,11)23-28)29-24-40(12,13)44(17)41(14,15)25-29/h20-21,27-29,32,45H,18-19,22-25H2,1-17H3,(H,46,47)(H,48,49). The molecule has 3 N–H and O–H groups in total. The Morgan fingerprint density at radius 2 is 1.02 bits per heavy atom. The molecule has 1 atom stereocenters. The van der Waals surface area contributed by atoms with Crippen LogP contribution in [0.1, 0.15) is 153 Å². The fraction of sp³-hybridized carbons (Fsp3) is 0.810. The number of rotatable bonds is 9. The van der Waals surface area contributed by atoms with E-state index in [-0.39, 0.29) is 50.7 Å². The number of likely N-dealkylation sites (tertiary alicyclic amines) is 2. The van der Waals surface area contributed by atoms with Gasteiger partial charge in [0.2, 0.25) is 0 Å². The van der Waals surface area contributed by atoms with Gasteiger partial charge in [-0.2, -0.15) is 0 Å². The van der Waals surface area contributed by atoms with Crippen LogP contribution in [0.5, 0.6) is 5.75 Å². The number of aromatic hydroxyl groups is 1. The van der Waals surface area contributed by atoms with E-state index >= 15 is 0 Å². The Labute approximate surface area is 299 Å². The van der Waals surface area contributed by atoms with E-state index in [1.165, 1.54) is 0 Å². The van der Waals surface area contributed by atoms with Crippen molar-refractivity contribution in [1.29, 1.82) is 0 Å². The number of carbonyl (C=O) groups is 2. The molecule has 7 heteroatoms. The molecule has 0 aliphatic carbocycles. The van der Waals surface area contributed by atoms with Gasteiger partial charge in [0.05, 0.1) is 0 Å². The molecule has 1 aromatic rings. The van der Waals surface area contributed by atoms with Crippen molar-refractivity contribution in [2.75, 3.05) is 14.1 Å². The lowest BCUT2D eigenvalue weighted by Crippen LogP contribution is -2.68. The molecular weight excluding hydrogens is 612 g/mol. The SMILES string of the molecule is CCC(Cc1cc(C(C)(C)C)c(O)c(C(C)(C)C)c1)C(C1CC(C)(C)N(C)C(C)(C)C1)(C1CC(C)(C)N(C)C(C)(C)C1)C(C(=O)O)C(=O)O. The smallest absolute Gasteiger partial charge is 0.318 e. The monoisotopic (exact) mass is 685 g/mol. The van der Waals surface area contributed by atoms with Gasteiger partial charge in [0.15, 0.2) is 5.92 Å². The molecule has 0 bridgehead atoms. The summed E-state index contributed by atoms with van der Waals surface area (Å²) in [6.07, 6.45) is 4.04. The first-order chi connectivity index (χ1) is 21.9. The number of piperidine rings is 2. The highest BCUT2D eigenvalue weighted by Crippen LogP contribution is 2.63. The van der Waals surface area contributed by atoms with Crippen LogP contribution in [0.4, 0.5) is 0 Å². The minimum absolute atomic E-state index is 0.155. The normalized spacial score (nSPS) is 23.1. The average molecular weight is 685 g/mol. The fourth-order valence-electron chi connectivity index (χ4n) is 10.6. The van der Waals surface area contributed by atoms with Gasteiger partial charge in [-0.1, -0.05) is 67.0 Å². The number of nitrogens with zero attached hydrogens (tertiary/aromatic N) is 2. The molecule has 1 aromatic carbocycles. The Balaban J connectivity index is 2.52. The third-order valence-corrected chi connectivity index (χ3v) is 13.5. The van der Waals surface area contributed by atoms with Gasteiger partial charge >= 0.3 is 11.9 Å². The Hall–Kier alpha value is -2.12. The summed E-state index contributed by atoms with van der Waals surface area (Å²) < 4.78 is 0. The van der Waals surface area contributed by atoms with Crippen LogP contribution in [-0.4, -0.2) is 73.3 Å². The first-order valence-electron chi connectivity index (χ1n) is 18.7. The van der Waals surface area contributed by atoms with Gasteiger partial charge in [0.25, 0.3) is 0 Å². The van der Waals surface area contributed by atoms with E-state index in [2.05, 4.69) is 140 Å². The third kappa shape index (κ3) is 7.59. The zero-order chi connectivity index (χ0) is 38.1. The van der Waals surface area contributed by atoms with E-state index in [0.29, 0.717) is 44.3 Å². The van der Waals surface area contributed by atoms with E-state index in [0.717, 1.165) is 16.7 Å². The highest BCUT2D eigenvalue weighted by atomic mass is 16.4. The minimum atomic E-state index is -1.57. The molecule has 1 unspecified atom stereocenters. The molecule has 3 rings (SSSR count). The molecule has 2 fully saturated rings. The summed E-state index contributed by atoms with van der Waals surface area (Å²) in [7, 11) is 4.31. The van der Waals surface area contributed by atoms with E-state index < -0.39 is 23.3 Å². The van der Waals surface area contributed by atoms with Crippen molar-refractivity contribution in [3.05, 3.63) is 28.8 Å². The quantitative estimate of drug-likeness (QED) is 0.223. The number of benzene rings is 1. The first-order valence-corrected chi connectivity index (χ1v) is 18.7. The van der Waals surface area contributed by atoms with Gasteiger partial charge in [0, 0.05) is 27.6 Å². The van der Waals surface area contributed by atoms with Crippen LogP contribution in [0.3, 0.4) is 0 Å². The molecule has 0 amide bonds. The van der Waals surface area contributed by atoms with E-state index in [1.54, 1.807) is 0 Å². The lowest BCUT2D eigenvalue weighted by Gasteiger charge is -2.65. The van der Waals surface area contributed by atoms with E-state index in [9.17, 15) is 24.9 Å². The van der Waals surface area contributed by atoms with Gasteiger partial charge in [-0.15, -0.1) is 0 Å². The zero-order valence-electron chi connectivity index (χ0n) is 34.3. The van der Waals surface area contributed by atoms with Crippen LogP contribution >= 0.6 is 0 Å². The molecule has 7 nitrogen and oxygen atoms in total. The summed E-state index contributed by atoms with van der Waals surface area (Å²) in [5.41, 5.74) is -0.0249. The van der Waals surface area contributed by atoms with Gasteiger partial charge in [0.1, 0.15) is 5.75 Å². The molecule has 0 saturated carbocycles. The molecule has 49 heavy (non-hydrogen) atoms. The second kappa shape index (κ2) is 13.1. The zero-order valence-corrected chi connectivity index (χ0v) is 34.3. The molecule has 0 radical (unpaired) electrons. The summed E-state index contributed by atoms with van der Waals surface area (Å²) in [6, 6.07) is 4.22. The minimum Gasteiger partial charge on any atom is -0.507 e. The van der Waals surface area contributed by atoms with Crippen molar-refractivity contribution in [1.82, 2.24) is 9.80 Å². The Bertz CT molecular complexity index is 1270. The molecule has 2 heterocycles. The second-order valence-electron chi connectivity index (χ2n) is 20.5. The number of carboxylic acid groups (broad SMARTS) is 2. The maximum Gasteiger partial charge on any atom is 0.318 e. The average Bonchev–Trinajstić information content (AvgIpc) is 2.90. The summed E-state index contributed by atoms with van der Waals surface area (Å²) in [5.74, 6) is -4.27. The van der Waals surface area contributed by atoms with Gasteiger partial charge in [-0.25, -0.2) is 0 Å². The maximum absolute atomic E-state index is 13.7. The summed E-state index contributed by atoms with van der Waals surface area (Å²) in [4.78, 5) is 32.2. The maximum atomic E-state index is 13.7. The van der Waals surface area contributed by atoms with Crippen LogP contribution in [0.25, 0.3) is 0 Å². The Morgan fingerprint density at radius 3 is 1.27 bits per heavy atom. The Kier molecular flexibility index (Phi) is 11.1. The van der Waals surface area contributed by atoms with E-state index in [1.807, 2.05) is 0 Å². The number of phenols is 1. The van der Waals surface area contributed by atoms with Gasteiger partial charge in [-0.3, -0.25) is 19.4 Å². The largest absolute Gasteiger partial charge is 0.507 e. The molecule has 2 aliphatic heterocycles. The molecule has 280 valence electrons. The van der Waals surface area contributed by atoms with Crippen LogP contribution in [0.15, 0.2) is 12.1 Å². The highest BCUT2D eigenvalue weighted by Gasteiger charge is 2.65. The van der Waals surface area contributed by atoms with Crippen molar-refractivity contribution in [2.24, 2.45) is 29.1 Å². The number of hydrogen-bond donors (Lipinski definition) is 3. The molecule has 2 aliphatic rings. The van der Waals surface area contributed by atoms with Crippen LogP contribution < -0.4 is 0 Å². The predicted molar refractivity (Wildman–Crippen MR) is 201 cm³/mol. The topological polar surface area (TPSA) is 101 Å². The van der Waals surface area contributed by atoms with Crippen molar-refractivity contribution >= 4 is 11.9 Å². The van der Waals surface area contributed by atoms with Crippen LogP contribution in [0, 0.1) is 29.1 Å². The van der Waals surface area contributed by atoms with Crippen molar-refractivity contribution < 1.29 is 24.9 Å². The van der Waals surface area contributed by atoms with Crippen molar-refractivity contribution in [3.8, 4) is 5.75 Å². The fourth-order valence-corrected chi connectivity index (χ4v) is 10.6. The molecule has 0 aromatic heterocycles. The van der Waals surface area contributed by atoms with E-state index in [4.69, 9.17) is 0 Å². The molecular formula is C42H72N2O5. The number of aliphatic carboxylic acids is 2. The van der Waals surface area contributed by atoms with Crippen LogP contribution in [-0.2, 0) is 26.8 Å². The third-order valence-electron chi connectivity index (χ3n) is 13.5. The van der Waals surface area contributed by atoms with Gasteiger partial charge in [-0.05, 0) is 147 Å². The summed E-state index contributed by atoms with van der Waals surface area (Å²) in [5, 5.41) is 34.0. The Morgan fingerprint density at radius 1 is 0.714 bits per heavy atom. The highest BCUT2D eigenvalue weighted by molar-refractivity contribution is 5.94. The summed E-state index contributed by atoms with van der Waals surface area (Å²) >= 11 is 0. The van der Waals surface area contributed by atoms with Crippen LogP contribution in [0.2, 0.25) is 0 Å². The number of carboxylic acids is 2. The predicted octanol–water partition coefficient (Wildman–Crippen LogP) is 9.13. The molecule has 0 spiro atoms. The van der Waals surface area contributed by atoms with Crippen molar-refractivity contribution in [3.63, 3.8) is 0 Å². The summed E-state index contributed by atoms with van der Waals surface area (Å²) in [6.45, 7) is 32.6. The second-order valence-corrected chi connectivity index (χ2v) is 20.5.